The molecule has 0 radical (unpaired) electrons. The highest BCUT2D eigenvalue weighted by atomic mass is 16.2. The Morgan fingerprint density at radius 2 is 2.33 bits per heavy atom. The molecule has 2 aliphatic heterocycles. The number of hydrogen-bond donors (Lipinski definition) is 1. The zero-order chi connectivity index (χ0) is 10.8. The van der Waals surface area contributed by atoms with E-state index in [0.29, 0.717) is 11.8 Å². The van der Waals surface area contributed by atoms with E-state index >= 15 is 0 Å². The molecule has 1 fully saturated rings. The predicted octanol–water partition coefficient (Wildman–Crippen LogP) is 1.02. The van der Waals surface area contributed by atoms with Crippen molar-refractivity contribution in [2.45, 2.75) is 20.3 Å². The monoisotopic (exact) mass is 208 g/mol. The van der Waals surface area contributed by atoms with Crippen molar-refractivity contribution in [3.05, 3.63) is 11.6 Å². The molecular weight excluding hydrogens is 188 g/mol. The van der Waals surface area contributed by atoms with Crippen molar-refractivity contribution >= 4 is 5.91 Å². The molecule has 0 aromatic heterocycles. The van der Waals surface area contributed by atoms with Gasteiger partial charge < -0.3 is 10.2 Å². The van der Waals surface area contributed by atoms with E-state index in [1.165, 1.54) is 5.57 Å². The van der Waals surface area contributed by atoms with Gasteiger partial charge in [-0.05, 0) is 25.8 Å². The normalized spacial score (nSPS) is 31.6. The van der Waals surface area contributed by atoms with Crippen molar-refractivity contribution in [1.82, 2.24) is 10.2 Å². The van der Waals surface area contributed by atoms with Crippen LogP contribution in [0.1, 0.15) is 20.3 Å². The smallest absolute Gasteiger partial charge is 0.227 e. The first kappa shape index (κ1) is 10.7. The summed E-state index contributed by atoms with van der Waals surface area (Å²) >= 11 is 0. The summed E-state index contributed by atoms with van der Waals surface area (Å²) in [7, 11) is 0. The van der Waals surface area contributed by atoms with Crippen LogP contribution in [0.2, 0.25) is 0 Å². The lowest BCUT2D eigenvalue weighted by Gasteiger charge is -2.29. The van der Waals surface area contributed by atoms with Crippen LogP contribution in [0.3, 0.4) is 0 Å². The summed E-state index contributed by atoms with van der Waals surface area (Å²) in [6.07, 6.45) is 3.26. The molecule has 2 rings (SSSR count). The summed E-state index contributed by atoms with van der Waals surface area (Å²) in [6.45, 7) is 7.85. The van der Waals surface area contributed by atoms with Crippen LogP contribution < -0.4 is 5.32 Å². The molecule has 2 aliphatic rings. The fourth-order valence-electron chi connectivity index (χ4n) is 2.47. The standard InChI is InChI=1S/C12H20N2O/c1-9-4-3-5-14(8-9)12(15)11-7-13-6-10(11)2/h4,10-11,13H,3,5-8H2,1-2H3/t10-,11-/m1/s1. The molecule has 2 atom stereocenters. The van der Waals surface area contributed by atoms with Crippen LogP contribution in [0.25, 0.3) is 0 Å². The Bertz CT molecular complexity index is 285. The van der Waals surface area contributed by atoms with Crippen LogP contribution in [-0.4, -0.2) is 37.0 Å². The van der Waals surface area contributed by atoms with E-state index in [1.54, 1.807) is 0 Å². The first-order valence-electron chi connectivity index (χ1n) is 5.83. The van der Waals surface area contributed by atoms with Gasteiger partial charge in [-0.3, -0.25) is 4.79 Å². The number of carbonyl (C=O) groups is 1. The molecule has 0 aromatic rings. The van der Waals surface area contributed by atoms with Gasteiger partial charge in [0.1, 0.15) is 0 Å². The Balaban J connectivity index is 1.98. The molecular formula is C12H20N2O. The number of nitrogens with zero attached hydrogens (tertiary/aromatic N) is 1. The quantitative estimate of drug-likeness (QED) is 0.653. The Morgan fingerprint density at radius 1 is 1.53 bits per heavy atom. The minimum Gasteiger partial charge on any atom is -0.338 e. The number of amides is 1. The molecule has 0 saturated carbocycles. The summed E-state index contributed by atoms with van der Waals surface area (Å²) in [4.78, 5) is 14.2. The highest BCUT2D eigenvalue weighted by Crippen LogP contribution is 2.20. The Hall–Kier alpha value is -0.830. The van der Waals surface area contributed by atoms with Crippen LogP contribution in [-0.2, 0) is 4.79 Å². The minimum absolute atomic E-state index is 0.205. The summed E-state index contributed by atoms with van der Waals surface area (Å²) in [5, 5.41) is 3.29. The van der Waals surface area contributed by atoms with Crippen molar-refractivity contribution < 1.29 is 4.79 Å². The summed E-state index contributed by atoms with van der Waals surface area (Å²) in [5.74, 6) is 1.04. The number of hydrogen-bond acceptors (Lipinski definition) is 2. The number of nitrogens with one attached hydrogen (secondary N) is 1. The van der Waals surface area contributed by atoms with Gasteiger partial charge in [0, 0.05) is 19.6 Å². The third-order valence-electron chi connectivity index (χ3n) is 3.48. The third kappa shape index (κ3) is 2.23. The maximum absolute atomic E-state index is 12.2. The first-order valence-corrected chi connectivity index (χ1v) is 5.83. The zero-order valence-corrected chi connectivity index (χ0v) is 9.62. The maximum atomic E-state index is 12.2. The second-order valence-electron chi connectivity index (χ2n) is 4.84. The topological polar surface area (TPSA) is 32.3 Å². The van der Waals surface area contributed by atoms with E-state index in [-0.39, 0.29) is 5.92 Å². The molecule has 0 aliphatic carbocycles. The van der Waals surface area contributed by atoms with Gasteiger partial charge in [-0.25, -0.2) is 0 Å². The molecule has 0 aromatic carbocycles. The maximum Gasteiger partial charge on any atom is 0.227 e. The fourth-order valence-corrected chi connectivity index (χ4v) is 2.47. The largest absolute Gasteiger partial charge is 0.338 e. The van der Waals surface area contributed by atoms with Gasteiger partial charge in [-0.15, -0.1) is 0 Å². The summed E-state index contributed by atoms with van der Waals surface area (Å²) in [5.41, 5.74) is 1.33. The predicted molar refractivity (Wildman–Crippen MR) is 60.5 cm³/mol. The van der Waals surface area contributed by atoms with Crippen LogP contribution in [0.15, 0.2) is 11.6 Å². The van der Waals surface area contributed by atoms with Crippen molar-refractivity contribution in [3.8, 4) is 0 Å². The van der Waals surface area contributed by atoms with E-state index in [1.807, 2.05) is 4.90 Å². The molecule has 3 heteroatoms. The number of rotatable bonds is 1. The van der Waals surface area contributed by atoms with Gasteiger partial charge in [0.15, 0.2) is 0 Å². The van der Waals surface area contributed by atoms with Crippen molar-refractivity contribution in [2.75, 3.05) is 26.2 Å². The Labute approximate surface area is 91.5 Å². The van der Waals surface area contributed by atoms with Crippen molar-refractivity contribution in [2.24, 2.45) is 11.8 Å². The summed E-state index contributed by atoms with van der Waals surface area (Å²) in [6, 6.07) is 0. The fraction of sp³-hybridized carbons (Fsp3) is 0.750. The van der Waals surface area contributed by atoms with E-state index in [9.17, 15) is 4.79 Å². The lowest BCUT2D eigenvalue weighted by atomic mass is 9.95. The van der Waals surface area contributed by atoms with Gasteiger partial charge in [0.25, 0.3) is 0 Å². The van der Waals surface area contributed by atoms with Gasteiger partial charge in [0.2, 0.25) is 5.91 Å². The van der Waals surface area contributed by atoms with Gasteiger partial charge >= 0.3 is 0 Å². The van der Waals surface area contributed by atoms with Crippen molar-refractivity contribution in [3.63, 3.8) is 0 Å². The molecule has 1 saturated heterocycles. The lowest BCUT2D eigenvalue weighted by molar-refractivity contribution is -0.135. The van der Waals surface area contributed by atoms with Crippen LogP contribution in [0.5, 0.6) is 0 Å². The first-order chi connectivity index (χ1) is 7.18. The van der Waals surface area contributed by atoms with Crippen molar-refractivity contribution in [1.29, 1.82) is 0 Å². The Morgan fingerprint density at radius 3 is 2.93 bits per heavy atom. The summed E-state index contributed by atoms with van der Waals surface area (Å²) < 4.78 is 0. The highest BCUT2D eigenvalue weighted by molar-refractivity contribution is 5.80. The van der Waals surface area contributed by atoms with E-state index < -0.39 is 0 Å². The molecule has 15 heavy (non-hydrogen) atoms. The molecule has 0 bridgehead atoms. The second-order valence-corrected chi connectivity index (χ2v) is 4.84. The van der Waals surface area contributed by atoms with E-state index in [2.05, 4.69) is 25.2 Å². The minimum atomic E-state index is 0.205. The lowest BCUT2D eigenvalue weighted by Crippen LogP contribution is -2.41. The average Bonchev–Trinajstić information content (AvgIpc) is 2.63. The van der Waals surface area contributed by atoms with Gasteiger partial charge in [-0.1, -0.05) is 18.6 Å². The van der Waals surface area contributed by atoms with Crippen LogP contribution in [0.4, 0.5) is 0 Å². The molecule has 2 heterocycles. The molecule has 1 amide bonds. The third-order valence-corrected chi connectivity index (χ3v) is 3.48. The van der Waals surface area contributed by atoms with Gasteiger partial charge in [-0.2, -0.15) is 0 Å². The van der Waals surface area contributed by atoms with E-state index in [4.69, 9.17) is 0 Å². The average molecular weight is 208 g/mol. The SMILES string of the molecule is CC1=CCCN(C(=O)[C@@H]2CNC[C@H]2C)C1. The second kappa shape index (κ2) is 4.35. The zero-order valence-electron chi connectivity index (χ0n) is 9.62. The Kier molecular flexibility index (Phi) is 3.10. The van der Waals surface area contributed by atoms with E-state index in [0.717, 1.165) is 32.6 Å². The molecule has 0 spiro atoms. The van der Waals surface area contributed by atoms with Gasteiger partial charge in [0.05, 0.1) is 5.92 Å². The molecule has 0 unspecified atom stereocenters. The molecule has 3 nitrogen and oxygen atoms in total. The molecule has 1 N–H and O–H groups in total. The molecule has 84 valence electrons. The number of carbonyl (C=O) groups excluding carboxylic acids is 1. The highest BCUT2D eigenvalue weighted by Gasteiger charge is 2.32. The van der Waals surface area contributed by atoms with Crippen LogP contribution in [0, 0.1) is 11.8 Å². The van der Waals surface area contributed by atoms with Crippen LogP contribution >= 0.6 is 0 Å².